The first-order chi connectivity index (χ1) is 16.1. The molecule has 2 aliphatic heterocycles. The largest absolute Gasteiger partial charge is 0.386 e. The Morgan fingerprint density at radius 3 is 2.66 bits per heavy atom. The van der Waals surface area contributed by atoms with Gasteiger partial charge in [-0.2, -0.15) is 0 Å². The van der Waals surface area contributed by atoms with Gasteiger partial charge in [-0.3, -0.25) is 18.7 Å². The van der Waals surface area contributed by atoms with E-state index in [1.807, 2.05) is 0 Å². The second-order valence-corrected chi connectivity index (χ2v) is 13.4. The lowest BCUT2D eigenvalue weighted by atomic mass is 9.88. The van der Waals surface area contributed by atoms with Crippen molar-refractivity contribution in [1.29, 1.82) is 0 Å². The van der Waals surface area contributed by atoms with Crippen molar-refractivity contribution >= 4 is 39.3 Å². The Bertz CT molecular complexity index is 1300. The van der Waals surface area contributed by atoms with E-state index in [4.69, 9.17) is 17.3 Å². The molecule has 1 saturated heterocycles. The van der Waals surface area contributed by atoms with Crippen molar-refractivity contribution < 1.29 is 22.2 Å². The number of rotatable bonds is 3. The minimum absolute atomic E-state index is 0.0612. The van der Waals surface area contributed by atoms with Crippen molar-refractivity contribution in [2.45, 2.75) is 55.6 Å². The maximum atomic E-state index is 15.2. The molecular formula is C22H26ClF3N6O2S. The third kappa shape index (κ3) is 4.11. The van der Waals surface area contributed by atoms with E-state index < -0.39 is 56.3 Å². The summed E-state index contributed by atoms with van der Waals surface area (Å²) < 4.78 is 59.6. The summed E-state index contributed by atoms with van der Waals surface area (Å²) in [6, 6.07) is 3.82. The summed E-state index contributed by atoms with van der Waals surface area (Å²) in [5, 5.41) is 1.59. The number of nitrogens with two attached hydrogens (primary N) is 1. The Labute approximate surface area is 206 Å². The van der Waals surface area contributed by atoms with Crippen LogP contribution in [0.5, 0.6) is 0 Å². The third-order valence-corrected chi connectivity index (χ3v) is 11.1. The number of aromatic nitrogens is 2. The number of hydrogen-bond acceptors (Lipinski definition) is 6. The number of amidine groups is 1. The number of carbonyl (C=O) groups excluding carboxylic acids is 1. The fraction of sp³-hybridized carbons (Fsp3) is 0.455. The molecule has 1 fully saturated rings. The van der Waals surface area contributed by atoms with Gasteiger partial charge in [0.2, 0.25) is 0 Å². The van der Waals surface area contributed by atoms with Crippen LogP contribution >= 0.6 is 11.6 Å². The van der Waals surface area contributed by atoms with Crippen LogP contribution in [0.2, 0.25) is 5.02 Å². The maximum Gasteiger partial charge on any atom is 0.275 e. The lowest BCUT2D eigenvalue weighted by Crippen LogP contribution is -2.72. The molecule has 0 aromatic carbocycles. The number of anilines is 1. The Morgan fingerprint density at radius 2 is 2.00 bits per heavy atom. The quantitative estimate of drug-likeness (QED) is 0.454. The van der Waals surface area contributed by atoms with Gasteiger partial charge in [-0.05, 0) is 61.6 Å². The van der Waals surface area contributed by atoms with E-state index in [0.29, 0.717) is 10.6 Å². The monoisotopic (exact) mass is 530 g/mol. The fourth-order valence-electron chi connectivity index (χ4n) is 4.63. The average molecular weight is 531 g/mol. The van der Waals surface area contributed by atoms with Crippen LogP contribution in [0.15, 0.2) is 29.4 Å². The molecule has 4 rings (SSSR count). The molecule has 0 aliphatic carbocycles. The molecule has 2 atom stereocenters. The second kappa shape index (κ2) is 8.24. The first kappa shape index (κ1) is 25.5. The zero-order valence-electron chi connectivity index (χ0n) is 19.5. The van der Waals surface area contributed by atoms with E-state index >= 15 is 4.39 Å². The number of carbonyl (C=O) groups is 1. The van der Waals surface area contributed by atoms with Crippen LogP contribution in [0, 0.1) is 12.7 Å². The molecule has 190 valence electrons. The predicted molar refractivity (Wildman–Crippen MR) is 130 cm³/mol. The summed E-state index contributed by atoms with van der Waals surface area (Å²) in [6.07, 6.45) is 0.517. The molecule has 13 heteroatoms. The summed E-state index contributed by atoms with van der Waals surface area (Å²) >= 11 is 5.89. The van der Waals surface area contributed by atoms with Crippen molar-refractivity contribution in [3.05, 3.63) is 52.2 Å². The highest BCUT2D eigenvalue weighted by molar-refractivity contribution is 8.04. The molecule has 1 amide bonds. The van der Waals surface area contributed by atoms with Crippen molar-refractivity contribution in [2.75, 3.05) is 11.9 Å². The topological polar surface area (TPSA) is 122 Å². The van der Waals surface area contributed by atoms with E-state index in [1.54, 1.807) is 26.8 Å². The molecule has 8 nitrogen and oxygen atoms in total. The molecule has 0 spiro atoms. The van der Waals surface area contributed by atoms with Crippen LogP contribution in [0.3, 0.4) is 0 Å². The lowest BCUT2D eigenvalue weighted by Gasteiger charge is -2.56. The number of aryl methyl sites for hydroxylation is 1. The van der Waals surface area contributed by atoms with Crippen LogP contribution in [0.1, 0.15) is 48.9 Å². The van der Waals surface area contributed by atoms with Crippen molar-refractivity contribution in [3.63, 3.8) is 0 Å². The van der Waals surface area contributed by atoms with Gasteiger partial charge >= 0.3 is 0 Å². The molecule has 2 aliphatic rings. The Hall–Kier alpha value is -2.57. The van der Waals surface area contributed by atoms with Crippen LogP contribution in [0.4, 0.5) is 19.0 Å². The van der Waals surface area contributed by atoms with Crippen LogP contribution < -0.4 is 15.8 Å². The predicted octanol–water partition coefficient (Wildman–Crippen LogP) is 3.12. The molecule has 4 N–H and O–H groups in total. The lowest BCUT2D eigenvalue weighted by molar-refractivity contribution is -0.0139. The smallest absolute Gasteiger partial charge is 0.275 e. The Balaban J connectivity index is 1.80. The van der Waals surface area contributed by atoms with Gasteiger partial charge in [0.1, 0.15) is 34.4 Å². The van der Waals surface area contributed by atoms with Crippen molar-refractivity contribution in [3.8, 4) is 0 Å². The van der Waals surface area contributed by atoms with Gasteiger partial charge in [0.25, 0.3) is 11.8 Å². The number of amides is 1. The number of alkyl halides is 2. The second-order valence-electron chi connectivity index (χ2n) is 9.57. The average Bonchev–Trinajstić information content (AvgIpc) is 2.75. The maximum absolute atomic E-state index is 15.2. The van der Waals surface area contributed by atoms with Gasteiger partial charge in [-0.1, -0.05) is 11.6 Å². The van der Waals surface area contributed by atoms with Gasteiger partial charge < -0.3 is 11.1 Å². The summed E-state index contributed by atoms with van der Waals surface area (Å²) in [6.45, 7) is 5.38. The number of halogens is 4. The van der Waals surface area contributed by atoms with E-state index in [9.17, 15) is 17.8 Å². The molecule has 4 heterocycles. The highest BCUT2D eigenvalue weighted by Gasteiger charge is 2.62. The highest BCUT2D eigenvalue weighted by Crippen LogP contribution is 2.50. The number of nitrogens with zero attached hydrogens (tertiary/aromatic N) is 3. The summed E-state index contributed by atoms with van der Waals surface area (Å²) in [5.41, 5.74) is 4.62. The van der Waals surface area contributed by atoms with Gasteiger partial charge in [-0.15, -0.1) is 0 Å². The minimum atomic E-state index is -3.67. The van der Waals surface area contributed by atoms with Crippen LogP contribution in [-0.2, 0) is 15.7 Å². The summed E-state index contributed by atoms with van der Waals surface area (Å²) in [5.74, 6) is -4.80. The normalized spacial score (nSPS) is 27.3. The summed E-state index contributed by atoms with van der Waals surface area (Å²) in [7, 11) is -3.67. The van der Waals surface area contributed by atoms with E-state index in [1.165, 1.54) is 19.2 Å². The van der Waals surface area contributed by atoms with Crippen LogP contribution in [0.25, 0.3) is 0 Å². The number of thiol groups is 1. The number of hydrogen-bond donors (Lipinski definition) is 4. The molecule has 0 radical (unpaired) electrons. The van der Waals surface area contributed by atoms with Crippen molar-refractivity contribution in [1.82, 2.24) is 14.7 Å². The zero-order chi connectivity index (χ0) is 26.0. The standard InChI is InChI=1S/C22H26ClF3N6O2S/c1-11-7-12(23)9-28-16(11)18(33)31-15-6-5-13(24)17(30-15)21(4)14-8-22(25,26)10-29-35(14,34)20(2,3)19(27)32-21/h5-7,9,14,35H,8,10H2,1-4H3,(H2,27,32)(H,29,34)(H,30,31,33)/t14-,21+/m1/s1. The fourth-order valence-corrected chi connectivity index (χ4v) is 8.51. The van der Waals surface area contributed by atoms with E-state index in [2.05, 4.69) is 25.0 Å². The van der Waals surface area contributed by atoms with Gasteiger partial charge in [0, 0.05) is 12.6 Å². The minimum Gasteiger partial charge on any atom is -0.386 e. The third-order valence-electron chi connectivity index (χ3n) is 6.79. The summed E-state index contributed by atoms with van der Waals surface area (Å²) in [4.78, 5) is 25.4. The van der Waals surface area contributed by atoms with E-state index in [-0.39, 0.29) is 23.0 Å². The first-order valence-corrected chi connectivity index (χ1v) is 13.0. The molecule has 2 aromatic rings. The first-order valence-electron chi connectivity index (χ1n) is 10.8. The number of aliphatic imine (C=N–C) groups is 1. The van der Waals surface area contributed by atoms with Crippen molar-refractivity contribution in [2.24, 2.45) is 10.7 Å². The highest BCUT2D eigenvalue weighted by atomic mass is 35.5. The zero-order valence-corrected chi connectivity index (χ0v) is 21.1. The SMILES string of the molecule is Cc1cc(Cl)cnc1C(=O)Nc1ccc(F)c([C@@]2(C)N=C(N)C(C)(C)[SH]3(=O)NCC(F)(F)C[C@H]23)n1. The molecule has 35 heavy (non-hydrogen) atoms. The molecule has 0 unspecified atom stereocenters. The van der Waals surface area contributed by atoms with Crippen LogP contribution in [-0.4, -0.2) is 48.4 Å². The van der Waals surface area contributed by atoms with E-state index in [0.717, 1.165) is 6.07 Å². The number of nitrogens with one attached hydrogen (secondary N) is 2. The van der Waals surface area contributed by atoms with Gasteiger partial charge in [0.05, 0.1) is 21.6 Å². The van der Waals surface area contributed by atoms with Gasteiger partial charge in [0.15, 0.2) is 0 Å². The number of fused-ring (bicyclic) bond motifs is 1. The number of pyridine rings is 2. The Morgan fingerprint density at radius 1 is 1.31 bits per heavy atom. The molecule has 0 saturated carbocycles. The molecule has 2 aromatic heterocycles. The van der Waals surface area contributed by atoms with Gasteiger partial charge in [-0.25, -0.2) is 23.1 Å². The molecule has 0 bridgehead atoms. The molecular weight excluding hydrogens is 505 g/mol. The Kier molecular flexibility index (Phi) is 6.01.